The number of Topliss-reactive ketones (excluding diaryl/α,β-unsaturated/α-hetero) is 1. The second-order valence-corrected chi connectivity index (χ2v) is 5.38. The number of hydrogen-bond acceptors (Lipinski definition) is 5. The van der Waals surface area contributed by atoms with Crippen LogP contribution in [0.3, 0.4) is 0 Å². The smallest absolute Gasteiger partial charge is 0.337 e. The molecule has 1 aliphatic carbocycles. The van der Waals surface area contributed by atoms with E-state index in [0.29, 0.717) is 16.9 Å². The van der Waals surface area contributed by atoms with Crippen molar-refractivity contribution >= 4 is 17.7 Å². The summed E-state index contributed by atoms with van der Waals surface area (Å²) >= 11 is 0. The zero-order chi connectivity index (χ0) is 17.3. The molecule has 122 valence electrons. The number of benzene rings is 1. The highest BCUT2D eigenvalue weighted by molar-refractivity contribution is 6.07. The number of rotatable bonds is 3. The molecule has 1 aliphatic heterocycles. The summed E-state index contributed by atoms with van der Waals surface area (Å²) in [4.78, 5) is 35.1. The molecule has 1 atom stereocenters. The molecule has 1 unspecified atom stereocenters. The van der Waals surface area contributed by atoms with E-state index in [4.69, 9.17) is 9.84 Å². The van der Waals surface area contributed by atoms with Gasteiger partial charge < -0.3 is 14.6 Å². The standard InChI is InChI=1S/C18H14O6/c1-23-18(22)12-5-6-14-13(9-12)16(19)15(24-14)8-10-3-2-4-11(7-10)17(20)21/h2-6,8-9,15H,7H2,1H3,(H,20,21). The van der Waals surface area contributed by atoms with Gasteiger partial charge in [-0.05, 0) is 29.8 Å². The summed E-state index contributed by atoms with van der Waals surface area (Å²) in [5.41, 5.74) is 1.53. The Bertz CT molecular complexity index is 828. The average Bonchev–Trinajstić information content (AvgIpc) is 2.90. The normalized spacial score (nSPS) is 20.4. The number of carboxylic acids is 1. The molecule has 1 N–H and O–H groups in total. The number of esters is 1. The van der Waals surface area contributed by atoms with Crippen LogP contribution in [-0.4, -0.2) is 36.0 Å². The van der Waals surface area contributed by atoms with Gasteiger partial charge in [0.15, 0.2) is 6.10 Å². The number of aliphatic carboxylic acids is 1. The van der Waals surface area contributed by atoms with Crippen LogP contribution in [0.25, 0.3) is 0 Å². The van der Waals surface area contributed by atoms with Gasteiger partial charge in [0.05, 0.1) is 18.2 Å². The van der Waals surface area contributed by atoms with Crippen molar-refractivity contribution in [2.75, 3.05) is 7.11 Å². The van der Waals surface area contributed by atoms with Crippen molar-refractivity contribution < 1.29 is 29.0 Å². The Labute approximate surface area is 137 Å². The predicted molar refractivity (Wildman–Crippen MR) is 84.1 cm³/mol. The third-order valence-electron chi connectivity index (χ3n) is 3.82. The lowest BCUT2D eigenvalue weighted by molar-refractivity contribution is -0.132. The molecular weight excluding hydrogens is 312 g/mol. The van der Waals surface area contributed by atoms with Gasteiger partial charge in [0.2, 0.25) is 5.78 Å². The molecule has 0 saturated heterocycles. The third kappa shape index (κ3) is 2.86. The van der Waals surface area contributed by atoms with Gasteiger partial charge in [-0.3, -0.25) is 4.79 Å². The molecule has 0 fully saturated rings. The molecule has 24 heavy (non-hydrogen) atoms. The highest BCUT2D eigenvalue weighted by Gasteiger charge is 2.32. The fraction of sp³-hybridized carbons (Fsp3) is 0.167. The van der Waals surface area contributed by atoms with Crippen molar-refractivity contribution in [2.24, 2.45) is 0 Å². The summed E-state index contributed by atoms with van der Waals surface area (Å²) in [6.07, 6.45) is 5.89. The molecule has 1 aromatic rings. The SMILES string of the molecule is COC(=O)c1ccc2c(c1)C(=O)C(C=C1C=CC=C(C(=O)O)C1)O2. The van der Waals surface area contributed by atoms with E-state index in [2.05, 4.69) is 4.74 Å². The zero-order valence-electron chi connectivity index (χ0n) is 12.8. The maximum atomic E-state index is 12.5. The van der Waals surface area contributed by atoms with E-state index < -0.39 is 18.0 Å². The molecule has 2 aliphatic rings. The van der Waals surface area contributed by atoms with E-state index in [9.17, 15) is 14.4 Å². The molecule has 0 saturated carbocycles. The molecule has 0 radical (unpaired) electrons. The highest BCUT2D eigenvalue weighted by Crippen LogP contribution is 2.31. The Kier molecular flexibility index (Phi) is 4.04. The molecule has 0 amide bonds. The molecular formula is C18H14O6. The maximum absolute atomic E-state index is 12.5. The molecule has 0 bridgehead atoms. The minimum atomic E-state index is -0.991. The Morgan fingerprint density at radius 1 is 1.38 bits per heavy atom. The minimum absolute atomic E-state index is 0.225. The Hall–Kier alpha value is -3.15. The Balaban J connectivity index is 1.83. The van der Waals surface area contributed by atoms with Gasteiger partial charge in [-0.1, -0.05) is 18.2 Å². The van der Waals surface area contributed by atoms with E-state index in [1.54, 1.807) is 24.3 Å². The first-order valence-electron chi connectivity index (χ1n) is 7.24. The number of methoxy groups -OCH3 is 1. The van der Waals surface area contributed by atoms with E-state index in [1.807, 2.05) is 0 Å². The van der Waals surface area contributed by atoms with Crippen molar-refractivity contribution in [2.45, 2.75) is 12.5 Å². The number of ether oxygens (including phenoxy) is 2. The van der Waals surface area contributed by atoms with Gasteiger partial charge >= 0.3 is 11.9 Å². The fourth-order valence-electron chi connectivity index (χ4n) is 2.60. The number of fused-ring (bicyclic) bond motifs is 1. The maximum Gasteiger partial charge on any atom is 0.337 e. The van der Waals surface area contributed by atoms with Gasteiger partial charge in [0, 0.05) is 12.0 Å². The van der Waals surface area contributed by atoms with Crippen molar-refractivity contribution in [1.82, 2.24) is 0 Å². The van der Waals surface area contributed by atoms with Gasteiger partial charge in [-0.2, -0.15) is 0 Å². The van der Waals surface area contributed by atoms with Crippen LogP contribution in [-0.2, 0) is 9.53 Å². The minimum Gasteiger partial charge on any atom is -0.478 e. The Morgan fingerprint density at radius 2 is 2.17 bits per heavy atom. The second-order valence-electron chi connectivity index (χ2n) is 5.38. The summed E-state index contributed by atoms with van der Waals surface area (Å²) in [5, 5.41) is 9.05. The molecule has 6 nitrogen and oxygen atoms in total. The number of ketones is 1. The number of carboxylic acid groups (broad SMARTS) is 1. The zero-order valence-corrected chi connectivity index (χ0v) is 12.8. The summed E-state index contributed by atoms with van der Waals surface area (Å²) < 4.78 is 10.2. The van der Waals surface area contributed by atoms with Crippen LogP contribution in [0.1, 0.15) is 27.1 Å². The van der Waals surface area contributed by atoms with Crippen LogP contribution in [0, 0.1) is 0 Å². The van der Waals surface area contributed by atoms with Crippen molar-refractivity contribution in [1.29, 1.82) is 0 Å². The van der Waals surface area contributed by atoms with Crippen LogP contribution in [0.2, 0.25) is 0 Å². The van der Waals surface area contributed by atoms with Crippen LogP contribution in [0.15, 0.2) is 53.6 Å². The van der Waals surface area contributed by atoms with Crippen LogP contribution >= 0.6 is 0 Å². The van der Waals surface area contributed by atoms with Gasteiger partial charge in [-0.15, -0.1) is 0 Å². The Morgan fingerprint density at radius 3 is 2.88 bits per heavy atom. The number of allylic oxidation sites excluding steroid dienone is 4. The van der Waals surface area contributed by atoms with Gasteiger partial charge in [0.25, 0.3) is 0 Å². The average molecular weight is 326 g/mol. The first kappa shape index (κ1) is 15.7. The van der Waals surface area contributed by atoms with E-state index >= 15 is 0 Å². The van der Waals surface area contributed by atoms with Gasteiger partial charge in [-0.25, -0.2) is 9.59 Å². The molecule has 3 rings (SSSR count). The van der Waals surface area contributed by atoms with Crippen molar-refractivity contribution in [3.63, 3.8) is 0 Å². The number of carbonyl (C=O) groups excluding carboxylic acids is 2. The quantitative estimate of drug-likeness (QED) is 0.857. The third-order valence-corrected chi connectivity index (χ3v) is 3.82. The van der Waals surface area contributed by atoms with Crippen LogP contribution < -0.4 is 4.74 Å². The largest absolute Gasteiger partial charge is 0.478 e. The second kappa shape index (κ2) is 6.16. The topological polar surface area (TPSA) is 89.9 Å². The predicted octanol–water partition coefficient (Wildman–Crippen LogP) is 2.31. The highest BCUT2D eigenvalue weighted by atomic mass is 16.5. The van der Waals surface area contributed by atoms with Crippen LogP contribution in [0.4, 0.5) is 0 Å². The molecule has 0 aromatic heterocycles. The molecule has 6 heteroatoms. The van der Waals surface area contributed by atoms with Crippen molar-refractivity contribution in [3.8, 4) is 5.75 Å². The monoisotopic (exact) mass is 326 g/mol. The summed E-state index contributed by atoms with van der Waals surface area (Å²) in [6, 6.07) is 4.53. The van der Waals surface area contributed by atoms with E-state index in [-0.39, 0.29) is 23.3 Å². The first-order chi connectivity index (χ1) is 11.5. The molecule has 1 aromatic carbocycles. The summed E-state index contributed by atoms with van der Waals surface area (Å²) in [6.45, 7) is 0. The lowest BCUT2D eigenvalue weighted by Gasteiger charge is -2.10. The molecule has 1 heterocycles. The fourth-order valence-corrected chi connectivity index (χ4v) is 2.60. The van der Waals surface area contributed by atoms with E-state index in [0.717, 1.165) is 0 Å². The number of hydrogen-bond donors (Lipinski definition) is 1. The molecule has 0 spiro atoms. The first-order valence-corrected chi connectivity index (χ1v) is 7.24. The van der Waals surface area contributed by atoms with Crippen molar-refractivity contribution in [3.05, 3.63) is 64.8 Å². The lowest BCUT2D eigenvalue weighted by Crippen LogP contribution is -2.18. The number of carbonyl (C=O) groups is 3. The van der Waals surface area contributed by atoms with E-state index in [1.165, 1.54) is 25.3 Å². The summed E-state index contributed by atoms with van der Waals surface area (Å²) in [7, 11) is 1.27. The summed E-state index contributed by atoms with van der Waals surface area (Å²) in [5.74, 6) is -1.40. The van der Waals surface area contributed by atoms with Crippen LogP contribution in [0.5, 0.6) is 5.75 Å². The van der Waals surface area contributed by atoms with Gasteiger partial charge in [0.1, 0.15) is 5.75 Å². The lowest BCUT2D eigenvalue weighted by atomic mass is 9.97.